The number of pyridine rings is 1. The third-order valence-corrected chi connectivity index (χ3v) is 2.31. The van der Waals surface area contributed by atoms with Crippen LogP contribution in [0, 0.1) is 6.92 Å². The standard InChI is InChI=1S/C13H13NO2/c1-10-11(9-15)7-8-13(14-10)16-12-5-3-2-4-6-12/h2-8,15H,9H2,1H3. The highest BCUT2D eigenvalue weighted by Gasteiger charge is 2.02. The molecule has 82 valence electrons. The minimum absolute atomic E-state index is 0.00441. The smallest absolute Gasteiger partial charge is 0.219 e. The fourth-order valence-corrected chi connectivity index (χ4v) is 1.40. The Morgan fingerprint density at radius 1 is 1.12 bits per heavy atom. The zero-order chi connectivity index (χ0) is 11.4. The maximum Gasteiger partial charge on any atom is 0.219 e. The average Bonchev–Trinajstić information content (AvgIpc) is 2.31. The van der Waals surface area contributed by atoms with Gasteiger partial charge in [0, 0.05) is 11.8 Å². The second kappa shape index (κ2) is 4.77. The third-order valence-electron chi connectivity index (χ3n) is 2.31. The van der Waals surface area contributed by atoms with Crippen molar-refractivity contribution in [2.24, 2.45) is 0 Å². The molecule has 0 bridgehead atoms. The van der Waals surface area contributed by atoms with Crippen LogP contribution in [0.2, 0.25) is 0 Å². The van der Waals surface area contributed by atoms with Gasteiger partial charge in [0.15, 0.2) is 0 Å². The minimum Gasteiger partial charge on any atom is -0.439 e. The Morgan fingerprint density at radius 2 is 1.88 bits per heavy atom. The number of hydrogen-bond donors (Lipinski definition) is 1. The summed E-state index contributed by atoms with van der Waals surface area (Å²) in [6, 6.07) is 13.1. The van der Waals surface area contributed by atoms with E-state index in [4.69, 9.17) is 9.84 Å². The molecule has 0 spiro atoms. The van der Waals surface area contributed by atoms with Gasteiger partial charge >= 0.3 is 0 Å². The molecule has 3 nitrogen and oxygen atoms in total. The van der Waals surface area contributed by atoms with E-state index in [0.717, 1.165) is 17.0 Å². The molecular formula is C13H13NO2. The van der Waals surface area contributed by atoms with E-state index >= 15 is 0 Å². The van der Waals surface area contributed by atoms with E-state index in [9.17, 15) is 0 Å². The molecule has 0 saturated carbocycles. The van der Waals surface area contributed by atoms with Crippen molar-refractivity contribution >= 4 is 0 Å². The molecular weight excluding hydrogens is 202 g/mol. The highest BCUT2D eigenvalue weighted by Crippen LogP contribution is 2.20. The van der Waals surface area contributed by atoms with E-state index < -0.39 is 0 Å². The van der Waals surface area contributed by atoms with Crippen LogP contribution in [-0.2, 0) is 6.61 Å². The Kier molecular flexibility index (Phi) is 3.17. The van der Waals surface area contributed by atoms with Crippen LogP contribution in [0.15, 0.2) is 42.5 Å². The number of nitrogens with zero attached hydrogens (tertiary/aromatic N) is 1. The molecule has 2 rings (SSSR count). The molecule has 0 saturated heterocycles. The highest BCUT2D eigenvalue weighted by molar-refractivity contribution is 5.29. The number of rotatable bonds is 3. The van der Waals surface area contributed by atoms with E-state index in [1.807, 2.05) is 43.3 Å². The molecule has 0 atom stereocenters. The SMILES string of the molecule is Cc1nc(Oc2ccccc2)ccc1CO. The van der Waals surface area contributed by atoms with Gasteiger partial charge in [0.1, 0.15) is 5.75 Å². The fraction of sp³-hybridized carbons (Fsp3) is 0.154. The van der Waals surface area contributed by atoms with Crippen molar-refractivity contribution in [2.75, 3.05) is 0 Å². The van der Waals surface area contributed by atoms with E-state index in [1.165, 1.54) is 0 Å². The number of aliphatic hydroxyl groups is 1. The van der Waals surface area contributed by atoms with Gasteiger partial charge in [-0.15, -0.1) is 0 Å². The molecule has 1 aromatic carbocycles. The molecule has 1 aromatic heterocycles. The lowest BCUT2D eigenvalue weighted by Gasteiger charge is -2.07. The first-order chi connectivity index (χ1) is 7.79. The molecule has 0 aliphatic heterocycles. The van der Waals surface area contributed by atoms with Crippen molar-refractivity contribution in [2.45, 2.75) is 13.5 Å². The lowest BCUT2D eigenvalue weighted by Crippen LogP contribution is -1.95. The van der Waals surface area contributed by atoms with E-state index in [1.54, 1.807) is 6.07 Å². The summed E-state index contributed by atoms with van der Waals surface area (Å²) in [5.74, 6) is 1.30. The van der Waals surface area contributed by atoms with Gasteiger partial charge in [-0.2, -0.15) is 0 Å². The van der Waals surface area contributed by atoms with Crippen LogP contribution < -0.4 is 4.74 Å². The predicted octanol–water partition coefficient (Wildman–Crippen LogP) is 2.67. The van der Waals surface area contributed by atoms with E-state index in [0.29, 0.717) is 5.88 Å². The first-order valence-electron chi connectivity index (χ1n) is 5.10. The number of aryl methyl sites for hydroxylation is 1. The Bertz CT molecular complexity index is 469. The molecule has 0 unspecified atom stereocenters. The van der Waals surface area contributed by atoms with Gasteiger partial charge in [-0.25, -0.2) is 4.98 Å². The number of aliphatic hydroxyl groups excluding tert-OH is 1. The van der Waals surface area contributed by atoms with Crippen LogP contribution in [-0.4, -0.2) is 10.1 Å². The first-order valence-corrected chi connectivity index (χ1v) is 5.10. The predicted molar refractivity (Wildman–Crippen MR) is 61.4 cm³/mol. The van der Waals surface area contributed by atoms with Gasteiger partial charge < -0.3 is 9.84 Å². The maximum atomic E-state index is 9.02. The summed E-state index contributed by atoms with van der Waals surface area (Å²) in [5.41, 5.74) is 1.61. The number of para-hydroxylation sites is 1. The summed E-state index contributed by atoms with van der Waals surface area (Å²) in [5, 5.41) is 9.02. The number of ether oxygens (including phenoxy) is 1. The lowest BCUT2D eigenvalue weighted by atomic mass is 10.2. The van der Waals surface area contributed by atoms with Gasteiger partial charge in [0.05, 0.1) is 6.61 Å². The number of aromatic nitrogens is 1. The molecule has 16 heavy (non-hydrogen) atoms. The quantitative estimate of drug-likeness (QED) is 0.855. The van der Waals surface area contributed by atoms with Crippen LogP contribution in [0.4, 0.5) is 0 Å². The lowest BCUT2D eigenvalue weighted by molar-refractivity contribution is 0.280. The average molecular weight is 215 g/mol. The van der Waals surface area contributed by atoms with Crippen LogP contribution in [0.5, 0.6) is 11.6 Å². The zero-order valence-corrected chi connectivity index (χ0v) is 9.05. The van der Waals surface area contributed by atoms with Gasteiger partial charge in [0.2, 0.25) is 5.88 Å². The molecule has 2 aromatic rings. The second-order valence-corrected chi connectivity index (χ2v) is 3.47. The Labute approximate surface area is 94.3 Å². The van der Waals surface area contributed by atoms with Gasteiger partial charge in [-0.05, 0) is 30.7 Å². The first kappa shape index (κ1) is 10.6. The van der Waals surface area contributed by atoms with Crippen molar-refractivity contribution in [3.63, 3.8) is 0 Å². The normalized spacial score (nSPS) is 10.1. The van der Waals surface area contributed by atoms with Gasteiger partial charge in [0.25, 0.3) is 0 Å². The molecule has 0 radical (unpaired) electrons. The van der Waals surface area contributed by atoms with Crippen LogP contribution in [0.1, 0.15) is 11.3 Å². The van der Waals surface area contributed by atoms with Crippen LogP contribution >= 0.6 is 0 Å². The highest BCUT2D eigenvalue weighted by atomic mass is 16.5. The molecule has 1 N–H and O–H groups in total. The summed E-state index contributed by atoms with van der Waals surface area (Å²) < 4.78 is 5.57. The van der Waals surface area contributed by atoms with Crippen molar-refractivity contribution in [1.29, 1.82) is 0 Å². The Morgan fingerprint density at radius 3 is 2.50 bits per heavy atom. The van der Waals surface area contributed by atoms with Crippen molar-refractivity contribution in [3.05, 3.63) is 53.7 Å². The summed E-state index contributed by atoms with van der Waals surface area (Å²) >= 11 is 0. The van der Waals surface area contributed by atoms with E-state index in [-0.39, 0.29) is 6.61 Å². The zero-order valence-electron chi connectivity index (χ0n) is 9.05. The van der Waals surface area contributed by atoms with Crippen molar-refractivity contribution in [1.82, 2.24) is 4.98 Å². The van der Waals surface area contributed by atoms with Crippen molar-refractivity contribution < 1.29 is 9.84 Å². The second-order valence-electron chi connectivity index (χ2n) is 3.47. The molecule has 0 aliphatic rings. The molecule has 3 heteroatoms. The fourth-order valence-electron chi connectivity index (χ4n) is 1.40. The minimum atomic E-state index is 0.00441. The van der Waals surface area contributed by atoms with E-state index in [2.05, 4.69) is 4.98 Å². The van der Waals surface area contributed by atoms with Gasteiger partial charge in [-0.1, -0.05) is 18.2 Å². The summed E-state index contributed by atoms with van der Waals surface area (Å²) in [6.07, 6.45) is 0. The topological polar surface area (TPSA) is 42.4 Å². The summed E-state index contributed by atoms with van der Waals surface area (Å²) in [4.78, 5) is 4.26. The largest absolute Gasteiger partial charge is 0.439 e. The Hall–Kier alpha value is -1.87. The molecule has 1 heterocycles. The number of benzene rings is 1. The summed E-state index contributed by atoms with van der Waals surface area (Å²) in [6.45, 7) is 1.86. The van der Waals surface area contributed by atoms with Crippen molar-refractivity contribution in [3.8, 4) is 11.6 Å². The Balaban J connectivity index is 2.20. The monoisotopic (exact) mass is 215 g/mol. The maximum absolute atomic E-state index is 9.02. The third kappa shape index (κ3) is 2.38. The molecule has 0 amide bonds. The van der Waals surface area contributed by atoms with Crippen LogP contribution in [0.3, 0.4) is 0 Å². The number of hydrogen-bond acceptors (Lipinski definition) is 3. The molecule has 0 aliphatic carbocycles. The van der Waals surface area contributed by atoms with Crippen LogP contribution in [0.25, 0.3) is 0 Å². The molecule has 0 fully saturated rings. The van der Waals surface area contributed by atoms with Gasteiger partial charge in [-0.3, -0.25) is 0 Å². The summed E-state index contributed by atoms with van der Waals surface area (Å²) in [7, 11) is 0.